The molecule has 0 aliphatic heterocycles. The van der Waals surface area contributed by atoms with Gasteiger partial charge in [-0.05, 0) is 37.3 Å². The third-order valence-corrected chi connectivity index (χ3v) is 3.25. The molecular weight excluding hydrogens is 289 g/mol. The third-order valence-electron chi connectivity index (χ3n) is 3.25. The van der Waals surface area contributed by atoms with Crippen LogP contribution in [0, 0.1) is 22.9 Å². The van der Waals surface area contributed by atoms with Crippen LogP contribution in [0.4, 0.5) is 10.1 Å². The van der Waals surface area contributed by atoms with Crippen LogP contribution in [0.5, 0.6) is 0 Å². The van der Waals surface area contributed by atoms with E-state index in [1.54, 1.807) is 19.1 Å². The first-order valence-corrected chi connectivity index (χ1v) is 6.40. The van der Waals surface area contributed by atoms with Crippen LogP contribution in [0.1, 0.15) is 5.56 Å². The molecule has 0 bridgehead atoms. The van der Waals surface area contributed by atoms with E-state index in [0.717, 1.165) is 0 Å². The summed E-state index contributed by atoms with van der Waals surface area (Å²) in [5.74, 6) is 0.0412. The number of benzene rings is 2. The fourth-order valence-electron chi connectivity index (χ4n) is 2.09. The number of halogens is 1. The molecule has 0 N–H and O–H groups in total. The highest BCUT2D eigenvalue weighted by atomic mass is 19.1. The van der Waals surface area contributed by atoms with Crippen LogP contribution in [0.3, 0.4) is 0 Å². The second-order valence-electron chi connectivity index (χ2n) is 4.63. The Kier molecular flexibility index (Phi) is 3.38. The first kappa shape index (κ1) is 13.9. The van der Waals surface area contributed by atoms with Gasteiger partial charge in [-0.1, -0.05) is 6.07 Å². The number of nitro groups is 1. The number of nitro benzene ring substituents is 1. The molecule has 110 valence electrons. The van der Waals surface area contributed by atoms with Crippen LogP contribution < -0.4 is 0 Å². The number of hydrogen-bond donors (Lipinski definition) is 0. The molecular formula is C15H10FN3O3. The maximum Gasteiger partial charge on any atom is 0.273 e. The first-order chi connectivity index (χ1) is 10.6. The molecule has 1 heterocycles. The summed E-state index contributed by atoms with van der Waals surface area (Å²) >= 11 is 0. The predicted molar refractivity (Wildman–Crippen MR) is 76.5 cm³/mol. The predicted octanol–water partition coefficient (Wildman–Crippen LogP) is 3.76. The Morgan fingerprint density at radius 3 is 2.45 bits per heavy atom. The molecule has 22 heavy (non-hydrogen) atoms. The molecule has 0 atom stereocenters. The molecule has 0 spiro atoms. The SMILES string of the molecule is Cc1c(-c2nnc(-c3ccc(F)cc3)o2)cccc1[N+](=O)[O-]. The highest BCUT2D eigenvalue weighted by molar-refractivity contribution is 5.65. The molecule has 0 aliphatic rings. The summed E-state index contributed by atoms with van der Waals surface area (Å²) in [6.07, 6.45) is 0. The third kappa shape index (κ3) is 2.44. The van der Waals surface area contributed by atoms with Crippen molar-refractivity contribution < 1.29 is 13.7 Å². The number of nitrogens with zero attached hydrogens (tertiary/aromatic N) is 3. The minimum atomic E-state index is -0.462. The highest BCUT2D eigenvalue weighted by Gasteiger charge is 2.18. The fraction of sp³-hybridized carbons (Fsp3) is 0.0667. The zero-order chi connectivity index (χ0) is 15.7. The minimum absolute atomic E-state index is 0.0148. The lowest BCUT2D eigenvalue weighted by Crippen LogP contribution is -1.93. The van der Waals surface area contributed by atoms with E-state index in [1.807, 2.05) is 0 Å². The topological polar surface area (TPSA) is 82.1 Å². The van der Waals surface area contributed by atoms with E-state index in [9.17, 15) is 14.5 Å². The van der Waals surface area contributed by atoms with Crippen LogP contribution in [0.25, 0.3) is 22.9 Å². The Labute approximate surface area is 124 Å². The highest BCUT2D eigenvalue weighted by Crippen LogP contribution is 2.30. The molecule has 3 rings (SSSR count). The van der Waals surface area contributed by atoms with E-state index in [0.29, 0.717) is 16.7 Å². The van der Waals surface area contributed by atoms with Crippen molar-refractivity contribution in [1.29, 1.82) is 0 Å². The van der Waals surface area contributed by atoms with Crippen molar-refractivity contribution in [2.45, 2.75) is 6.92 Å². The van der Waals surface area contributed by atoms with Crippen LogP contribution in [0.15, 0.2) is 46.9 Å². The van der Waals surface area contributed by atoms with Gasteiger partial charge < -0.3 is 4.42 Å². The van der Waals surface area contributed by atoms with Gasteiger partial charge in [-0.3, -0.25) is 10.1 Å². The summed E-state index contributed by atoms with van der Waals surface area (Å²) in [6, 6.07) is 10.3. The van der Waals surface area contributed by atoms with Gasteiger partial charge in [0.25, 0.3) is 5.69 Å². The maximum absolute atomic E-state index is 12.9. The van der Waals surface area contributed by atoms with E-state index >= 15 is 0 Å². The van der Waals surface area contributed by atoms with Crippen LogP contribution in [-0.4, -0.2) is 15.1 Å². The van der Waals surface area contributed by atoms with Gasteiger partial charge in [0, 0.05) is 22.8 Å². The molecule has 0 saturated carbocycles. The largest absolute Gasteiger partial charge is 0.416 e. The molecule has 0 radical (unpaired) electrons. The van der Waals surface area contributed by atoms with Crippen molar-refractivity contribution in [2.24, 2.45) is 0 Å². The van der Waals surface area contributed by atoms with E-state index in [4.69, 9.17) is 4.42 Å². The van der Waals surface area contributed by atoms with Crippen molar-refractivity contribution in [3.8, 4) is 22.9 Å². The van der Waals surface area contributed by atoms with Crippen LogP contribution >= 0.6 is 0 Å². The Hall–Kier alpha value is -3.09. The summed E-state index contributed by atoms with van der Waals surface area (Å²) in [5.41, 5.74) is 1.50. The zero-order valence-corrected chi connectivity index (χ0v) is 11.5. The van der Waals surface area contributed by atoms with Crippen molar-refractivity contribution >= 4 is 5.69 Å². The van der Waals surface area contributed by atoms with Crippen molar-refractivity contribution in [1.82, 2.24) is 10.2 Å². The molecule has 7 heteroatoms. The lowest BCUT2D eigenvalue weighted by molar-refractivity contribution is -0.385. The smallest absolute Gasteiger partial charge is 0.273 e. The maximum atomic E-state index is 12.9. The average Bonchev–Trinajstić information content (AvgIpc) is 2.97. The van der Waals surface area contributed by atoms with Gasteiger partial charge in [-0.2, -0.15) is 0 Å². The number of hydrogen-bond acceptors (Lipinski definition) is 5. The molecule has 0 fully saturated rings. The van der Waals surface area contributed by atoms with Gasteiger partial charge in [0.2, 0.25) is 11.8 Å². The monoisotopic (exact) mass is 299 g/mol. The van der Waals surface area contributed by atoms with E-state index < -0.39 is 4.92 Å². The second-order valence-corrected chi connectivity index (χ2v) is 4.63. The van der Waals surface area contributed by atoms with Gasteiger partial charge in [0.15, 0.2) is 0 Å². The second kappa shape index (κ2) is 5.36. The van der Waals surface area contributed by atoms with Crippen LogP contribution in [-0.2, 0) is 0 Å². The Bertz CT molecular complexity index is 843. The van der Waals surface area contributed by atoms with Crippen molar-refractivity contribution in [2.75, 3.05) is 0 Å². The zero-order valence-electron chi connectivity index (χ0n) is 11.5. The fourth-order valence-corrected chi connectivity index (χ4v) is 2.09. The van der Waals surface area contributed by atoms with Gasteiger partial charge >= 0.3 is 0 Å². The lowest BCUT2D eigenvalue weighted by Gasteiger charge is -2.01. The molecule has 2 aromatic carbocycles. The first-order valence-electron chi connectivity index (χ1n) is 6.40. The number of aromatic nitrogens is 2. The van der Waals surface area contributed by atoms with Gasteiger partial charge in [-0.25, -0.2) is 4.39 Å². The molecule has 0 amide bonds. The van der Waals surface area contributed by atoms with Crippen LogP contribution in [0.2, 0.25) is 0 Å². The molecule has 6 nitrogen and oxygen atoms in total. The molecule has 0 unspecified atom stereocenters. The Morgan fingerprint density at radius 1 is 1.09 bits per heavy atom. The summed E-state index contributed by atoms with van der Waals surface area (Å²) in [7, 11) is 0. The minimum Gasteiger partial charge on any atom is -0.416 e. The van der Waals surface area contributed by atoms with Crippen molar-refractivity contribution in [3.05, 3.63) is 64.0 Å². The van der Waals surface area contributed by atoms with E-state index in [-0.39, 0.29) is 23.3 Å². The normalized spacial score (nSPS) is 10.6. The molecule has 0 aliphatic carbocycles. The molecule has 3 aromatic rings. The number of rotatable bonds is 3. The average molecular weight is 299 g/mol. The van der Waals surface area contributed by atoms with Crippen molar-refractivity contribution in [3.63, 3.8) is 0 Å². The summed E-state index contributed by atoms with van der Waals surface area (Å²) in [4.78, 5) is 10.5. The molecule has 1 aromatic heterocycles. The summed E-state index contributed by atoms with van der Waals surface area (Å²) in [5, 5.41) is 18.8. The standard InChI is InChI=1S/C15H10FN3O3/c1-9-12(3-2-4-13(9)19(20)21)15-18-17-14(22-15)10-5-7-11(16)8-6-10/h2-8H,1H3. The Balaban J connectivity index is 2.03. The summed E-state index contributed by atoms with van der Waals surface area (Å²) in [6.45, 7) is 1.62. The van der Waals surface area contributed by atoms with Gasteiger partial charge in [0.05, 0.1) is 4.92 Å². The molecule has 0 saturated heterocycles. The van der Waals surface area contributed by atoms with Gasteiger partial charge in [0.1, 0.15) is 5.82 Å². The quantitative estimate of drug-likeness (QED) is 0.543. The summed E-state index contributed by atoms with van der Waals surface area (Å²) < 4.78 is 18.5. The van der Waals surface area contributed by atoms with E-state index in [2.05, 4.69) is 10.2 Å². The lowest BCUT2D eigenvalue weighted by atomic mass is 10.1. The van der Waals surface area contributed by atoms with E-state index in [1.165, 1.54) is 30.3 Å². The Morgan fingerprint density at radius 2 is 1.77 bits per heavy atom. The van der Waals surface area contributed by atoms with Gasteiger partial charge in [-0.15, -0.1) is 10.2 Å².